The van der Waals surface area contributed by atoms with Crippen LogP contribution in [0.4, 0.5) is 0 Å². The zero-order valence-electron chi connectivity index (χ0n) is 24.9. The van der Waals surface area contributed by atoms with Crippen LogP contribution in [0.15, 0.2) is 60.7 Å². The lowest BCUT2D eigenvalue weighted by Crippen LogP contribution is -2.47. The molecule has 214 valence electrons. The average Bonchev–Trinajstić information content (AvgIpc) is 2.95. The maximum Gasteiger partial charge on any atom is 0.239 e. The van der Waals surface area contributed by atoms with Crippen LogP contribution in [-0.2, 0) is 20.8 Å². The van der Waals surface area contributed by atoms with E-state index in [1.807, 2.05) is 76.2 Å². The summed E-state index contributed by atoms with van der Waals surface area (Å²) in [5, 5.41) is 8.51. The Morgan fingerprint density at radius 3 is 1.76 bits per heavy atom. The number of unbranched alkanes of at least 4 members (excludes halogenated alkanes) is 4. The molecule has 0 spiro atoms. The molecule has 0 aliphatic carbocycles. The van der Waals surface area contributed by atoms with Gasteiger partial charge >= 0.3 is 0 Å². The Labute approximate surface area is 232 Å². The van der Waals surface area contributed by atoms with Crippen LogP contribution >= 0.6 is 0 Å². The van der Waals surface area contributed by atoms with E-state index in [0.717, 1.165) is 37.7 Å². The number of amides is 2. The Balaban J connectivity index is 0. The van der Waals surface area contributed by atoms with Gasteiger partial charge < -0.3 is 20.7 Å². The molecule has 2 rings (SSSR count). The van der Waals surface area contributed by atoms with E-state index in [1.54, 1.807) is 14.0 Å². The molecule has 38 heavy (non-hydrogen) atoms. The summed E-state index contributed by atoms with van der Waals surface area (Å²) < 4.78 is 0. The van der Waals surface area contributed by atoms with Crippen LogP contribution in [0.2, 0.25) is 0 Å². The van der Waals surface area contributed by atoms with Gasteiger partial charge in [0.2, 0.25) is 11.8 Å². The minimum Gasteiger partial charge on any atom is -0.355 e. The summed E-state index contributed by atoms with van der Waals surface area (Å²) in [5.74, 6) is -0.106. The van der Waals surface area contributed by atoms with Gasteiger partial charge in [0.1, 0.15) is 5.78 Å². The molecule has 0 aliphatic rings. The van der Waals surface area contributed by atoms with E-state index in [2.05, 4.69) is 35.0 Å². The Morgan fingerprint density at radius 2 is 1.26 bits per heavy atom. The highest BCUT2D eigenvalue weighted by Crippen LogP contribution is 2.05. The van der Waals surface area contributed by atoms with Crippen LogP contribution in [-0.4, -0.2) is 43.8 Å². The van der Waals surface area contributed by atoms with Gasteiger partial charge in [-0.25, -0.2) is 0 Å². The van der Waals surface area contributed by atoms with Crippen LogP contribution < -0.4 is 16.0 Å². The monoisotopic (exact) mass is 527 g/mol. The first-order valence-corrected chi connectivity index (χ1v) is 14.2. The van der Waals surface area contributed by atoms with Gasteiger partial charge in [0, 0.05) is 13.0 Å². The van der Waals surface area contributed by atoms with E-state index >= 15 is 0 Å². The first-order valence-electron chi connectivity index (χ1n) is 14.2. The standard InChI is InChI=1S/C21H33N3O3.C7H8.2C2H6/c1-17(25)11-7-4-3-5-10-14-23-20(26)16-24-21(27)19(22-2)15-18-12-8-6-9-13-18;1-7-5-3-2-4-6-7;2*1-2/h6,8-9,12-13,19,22H,3-5,7,10-11,14-16H2,1-2H3,(H,23,26)(H,24,27);2-6H,1H3;2*1-2H3. The highest BCUT2D eigenvalue weighted by atomic mass is 16.2. The molecular formula is C32H53N3O3. The van der Waals surface area contributed by atoms with Crippen molar-refractivity contribution in [3.05, 3.63) is 71.8 Å². The minimum atomic E-state index is -0.366. The first kappa shape index (κ1) is 37.2. The van der Waals surface area contributed by atoms with Gasteiger partial charge in [0.05, 0.1) is 12.6 Å². The molecule has 6 heteroatoms. The van der Waals surface area contributed by atoms with Crippen LogP contribution in [0.1, 0.15) is 84.3 Å². The van der Waals surface area contributed by atoms with Crippen LogP contribution in [0.5, 0.6) is 0 Å². The quantitative estimate of drug-likeness (QED) is 0.262. The molecule has 0 radical (unpaired) electrons. The number of Topliss-reactive ketones (excluding diaryl/α,β-unsaturated/α-hetero) is 1. The first-order chi connectivity index (χ1) is 18.4. The Hall–Kier alpha value is -2.99. The Kier molecular flexibility index (Phi) is 26.5. The van der Waals surface area contributed by atoms with E-state index in [-0.39, 0.29) is 30.2 Å². The molecule has 1 unspecified atom stereocenters. The van der Waals surface area contributed by atoms with Crippen molar-refractivity contribution in [2.24, 2.45) is 0 Å². The number of carbonyl (C=O) groups excluding carboxylic acids is 3. The molecule has 0 heterocycles. The molecule has 0 fully saturated rings. The van der Waals surface area contributed by atoms with Gasteiger partial charge in [0.15, 0.2) is 0 Å². The van der Waals surface area contributed by atoms with Crippen molar-refractivity contribution in [1.82, 2.24) is 16.0 Å². The second-order valence-electron chi connectivity index (χ2n) is 8.47. The fourth-order valence-corrected chi connectivity index (χ4v) is 3.32. The van der Waals surface area contributed by atoms with E-state index in [1.165, 1.54) is 5.56 Å². The van der Waals surface area contributed by atoms with Gasteiger partial charge in [-0.3, -0.25) is 9.59 Å². The smallest absolute Gasteiger partial charge is 0.239 e. The molecule has 0 saturated heterocycles. The lowest BCUT2D eigenvalue weighted by molar-refractivity contribution is -0.127. The van der Waals surface area contributed by atoms with E-state index < -0.39 is 0 Å². The van der Waals surface area contributed by atoms with Gasteiger partial charge in [-0.1, -0.05) is 113 Å². The predicted octanol–water partition coefficient (Wildman–Crippen LogP) is 6.03. The van der Waals surface area contributed by atoms with E-state index in [9.17, 15) is 14.4 Å². The van der Waals surface area contributed by atoms with E-state index in [4.69, 9.17) is 0 Å². The van der Waals surface area contributed by atoms with Crippen LogP contribution in [0, 0.1) is 6.92 Å². The van der Waals surface area contributed by atoms with Crippen molar-refractivity contribution in [2.75, 3.05) is 20.1 Å². The number of hydrogen-bond donors (Lipinski definition) is 3. The molecule has 0 saturated carbocycles. The number of aryl methyl sites for hydroxylation is 1. The summed E-state index contributed by atoms with van der Waals surface area (Å²) in [6.45, 7) is 12.3. The average molecular weight is 528 g/mol. The van der Waals surface area contributed by atoms with Crippen molar-refractivity contribution in [3.8, 4) is 0 Å². The lowest BCUT2D eigenvalue weighted by atomic mass is 10.1. The van der Waals surface area contributed by atoms with Crippen molar-refractivity contribution >= 4 is 17.6 Å². The largest absolute Gasteiger partial charge is 0.355 e. The number of ketones is 1. The zero-order valence-corrected chi connectivity index (χ0v) is 24.9. The van der Waals surface area contributed by atoms with Crippen molar-refractivity contribution in [2.45, 2.75) is 92.5 Å². The lowest BCUT2D eigenvalue weighted by Gasteiger charge is -2.16. The number of hydrogen-bond acceptors (Lipinski definition) is 4. The third kappa shape index (κ3) is 22.2. The molecule has 0 bridgehead atoms. The maximum absolute atomic E-state index is 12.2. The highest BCUT2D eigenvalue weighted by molar-refractivity contribution is 5.87. The normalized spacial score (nSPS) is 10.2. The fourth-order valence-electron chi connectivity index (χ4n) is 3.32. The van der Waals surface area contributed by atoms with Gasteiger partial charge in [-0.05, 0) is 45.7 Å². The molecule has 0 aromatic heterocycles. The van der Waals surface area contributed by atoms with Gasteiger partial charge in [0.25, 0.3) is 0 Å². The summed E-state index contributed by atoms with van der Waals surface area (Å²) in [5.41, 5.74) is 2.39. The van der Waals surface area contributed by atoms with Gasteiger partial charge in [-0.15, -0.1) is 0 Å². The Morgan fingerprint density at radius 1 is 0.737 bits per heavy atom. The third-order valence-corrected chi connectivity index (χ3v) is 5.34. The molecule has 2 aromatic rings. The van der Waals surface area contributed by atoms with Crippen molar-refractivity contribution in [3.63, 3.8) is 0 Å². The summed E-state index contributed by atoms with van der Waals surface area (Å²) in [6.07, 6.45) is 6.25. The summed E-state index contributed by atoms with van der Waals surface area (Å²) in [7, 11) is 1.74. The molecule has 2 amide bonds. The highest BCUT2D eigenvalue weighted by Gasteiger charge is 2.17. The summed E-state index contributed by atoms with van der Waals surface area (Å²) in [6, 6.07) is 19.7. The zero-order chi connectivity index (χ0) is 29.0. The second-order valence-corrected chi connectivity index (χ2v) is 8.47. The number of likely N-dealkylation sites (N-methyl/N-ethyl adjacent to an activating group) is 1. The molecule has 0 aliphatic heterocycles. The number of nitrogens with one attached hydrogen (secondary N) is 3. The predicted molar refractivity (Wildman–Crippen MR) is 161 cm³/mol. The molecular weight excluding hydrogens is 474 g/mol. The summed E-state index contributed by atoms with van der Waals surface area (Å²) in [4.78, 5) is 34.9. The number of rotatable bonds is 14. The number of carbonyl (C=O) groups is 3. The second kappa shape index (κ2) is 27.1. The molecule has 2 aromatic carbocycles. The molecule has 3 N–H and O–H groups in total. The topological polar surface area (TPSA) is 87.3 Å². The molecule has 1 atom stereocenters. The number of benzene rings is 2. The van der Waals surface area contributed by atoms with Gasteiger partial charge in [-0.2, -0.15) is 0 Å². The third-order valence-electron chi connectivity index (χ3n) is 5.34. The van der Waals surface area contributed by atoms with Crippen molar-refractivity contribution < 1.29 is 14.4 Å². The Bertz CT molecular complexity index is 826. The van der Waals surface area contributed by atoms with E-state index in [0.29, 0.717) is 19.4 Å². The van der Waals surface area contributed by atoms with Crippen LogP contribution in [0.3, 0.4) is 0 Å². The van der Waals surface area contributed by atoms with Crippen molar-refractivity contribution in [1.29, 1.82) is 0 Å². The maximum atomic E-state index is 12.2. The fraction of sp³-hybridized carbons (Fsp3) is 0.531. The SMILES string of the molecule is CC.CC.CNC(Cc1ccccc1)C(=O)NCC(=O)NCCCCCCCC(C)=O.Cc1ccccc1. The summed E-state index contributed by atoms with van der Waals surface area (Å²) >= 11 is 0. The van der Waals surface area contributed by atoms with Crippen LogP contribution in [0.25, 0.3) is 0 Å². The minimum absolute atomic E-state index is 0.00951. The molecule has 6 nitrogen and oxygen atoms in total.